The van der Waals surface area contributed by atoms with E-state index in [4.69, 9.17) is 0 Å². The highest BCUT2D eigenvalue weighted by Gasteiger charge is 2.22. The predicted molar refractivity (Wildman–Crippen MR) is 60.0 cm³/mol. The molecule has 0 spiro atoms. The number of alkyl halides is 2. The van der Waals surface area contributed by atoms with Gasteiger partial charge in [-0.05, 0) is 12.1 Å². The van der Waals surface area contributed by atoms with Gasteiger partial charge in [0.1, 0.15) is 9.92 Å². The van der Waals surface area contributed by atoms with Crippen molar-refractivity contribution >= 4 is 15.8 Å². The standard InChI is InChI=1S/C10H12F2N2O2S/c1-14(2)17(16,13-10(15)9(11)12)8-6-4-3-5-7-8/h3-7,9H,1-2H3. The first kappa shape index (κ1) is 13.7. The molecule has 0 saturated carbocycles. The topological polar surface area (TPSA) is 49.7 Å². The Kier molecular flexibility index (Phi) is 4.30. The Balaban J connectivity index is 3.35. The van der Waals surface area contributed by atoms with E-state index in [-0.39, 0.29) is 4.90 Å². The summed E-state index contributed by atoms with van der Waals surface area (Å²) in [7, 11) is -0.471. The predicted octanol–water partition coefficient (Wildman–Crippen LogP) is 1.78. The van der Waals surface area contributed by atoms with Crippen LogP contribution in [0.25, 0.3) is 0 Å². The average molecular weight is 262 g/mol. The van der Waals surface area contributed by atoms with Gasteiger partial charge in [-0.2, -0.15) is 8.78 Å². The Morgan fingerprint density at radius 1 is 1.29 bits per heavy atom. The summed E-state index contributed by atoms with van der Waals surface area (Å²) in [6, 6.07) is 7.84. The lowest BCUT2D eigenvalue weighted by Crippen LogP contribution is -2.24. The maximum atomic E-state index is 12.4. The van der Waals surface area contributed by atoms with E-state index in [0.29, 0.717) is 0 Å². The second-order valence-corrected chi connectivity index (χ2v) is 5.73. The Morgan fingerprint density at radius 2 is 1.82 bits per heavy atom. The lowest BCUT2D eigenvalue weighted by Gasteiger charge is -2.16. The molecule has 0 aromatic heterocycles. The van der Waals surface area contributed by atoms with Crippen molar-refractivity contribution in [2.45, 2.75) is 11.3 Å². The fourth-order valence-electron chi connectivity index (χ4n) is 1.10. The van der Waals surface area contributed by atoms with Gasteiger partial charge >= 0.3 is 12.3 Å². The smallest absolute Gasteiger partial charge is 0.265 e. The van der Waals surface area contributed by atoms with Crippen LogP contribution in [0.15, 0.2) is 39.6 Å². The first-order valence-electron chi connectivity index (χ1n) is 4.69. The highest BCUT2D eigenvalue weighted by atomic mass is 32.2. The van der Waals surface area contributed by atoms with Crippen LogP contribution in [0, 0.1) is 0 Å². The highest BCUT2D eigenvalue weighted by Crippen LogP contribution is 2.16. The van der Waals surface area contributed by atoms with Gasteiger partial charge in [-0.25, -0.2) is 8.51 Å². The van der Waals surface area contributed by atoms with Crippen LogP contribution in [0.1, 0.15) is 0 Å². The summed E-state index contributed by atoms with van der Waals surface area (Å²) in [6.07, 6.45) is -3.25. The monoisotopic (exact) mass is 262 g/mol. The molecule has 1 atom stereocenters. The van der Waals surface area contributed by atoms with E-state index in [1.165, 1.54) is 26.2 Å². The molecule has 1 aromatic carbocycles. The molecule has 17 heavy (non-hydrogen) atoms. The van der Waals surface area contributed by atoms with Gasteiger partial charge < -0.3 is 0 Å². The zero-order valence-corrected chi connectivity index (χ0v) is 10.2. The van der Waals surface area contributed by atoms with E-state index in [9.17, 15) is 17.8 Å². The number of hydrogen-bond acceptors (Lipinski definition) is 2. The number of hydrogen-bond donors (Lipinski definition) is 0. The van der Waals surface area contributed by atoms with Crippen molar-refractivity contribution in [3.8, 4) is 0 Å². The normalized spacial score (nSPS) is 14.7. The molecule has 1 amide bonds. The Labute approximate surface area is 98.6 Å². The largest absolute Gasteiger partial charge is 0.322 e. The molecule has 0 aliphatic carbocycles. The maximum Gasteiger partial charge on any atom is 0.322 e. The molecule has 0 N–H and O–H groups in total. The number of halogens is 2. The molecule has 1 unspecified atom stereocenters. The van der Waals surface area contributed by atoms with Crippen LogP contribution in [0.2, 0.25) is 0 Å². The molecule has 0 saturated heterocycles. The molecule has 0 fully saturated rings. The van der Waals surface area contributed by atoms with Gasteiger partial charge in [0.25, 0.3) is 0 Å². The molecule has 0 aliphatic heterocycles. The lowest BCUT2D eigenvalue weighted by molar-refractivity contribution is -0.127. The molecule has 0 heterocycles. The fourth-order valence-corrected chi connectivity index (χ4v) is 2.63. The van der Waals surface area contributed by atoms with Gasteiger partial charge in [0.05, 0.1) is 4.90 Å². The molecule has 0 radical (unpaired) electrons. The third-order valence-electron chi connectivity index (χ3n) is 1.95. The minimum Gasteiger partial charge on any atom is -0.265 e. The summed E-state index contributed by atoms with van der Waals surface area (Å²) in [5.41, 5.74) is 0. The van der Waals surface area contributed by atoms with Gasteiger partial charge in [0.2, 0.25) is 0 Å². The molecular weight excluding hydrogens is 250 g/mol. The summed E-state index contributed by atoms with van der Waals surface area (Å²) in [4.78, 5) is 11.1. The average Bonchev–Trinajstić information content (AvgIpc) is 2.29. The van der Waals surface area contributed by atoms with Gasteiger partial charge in [-0.3, -0.25) is 4.79 Å². The number of rotatable bonds is 3. The van der Waals surface area contributed by atoms with Crippen molar-refractivity contribution in [3.63, 3.8) is 0 Å². The molecule has 4 nitrogen and oxygen atoms in total. The van der Waals surface area contributed by atoms with E-state index >= 15 is 0 Å². The fraction of sp³-hybridized carbons (Fsp3) is 0.300. The highest BCUT2D eigenvalue weighted by molar-refractivity contribution is 7.91. The van der Waals surface area contributed by atoms with Crippen LogP contribution < -0.4 is 0 Å². The van der Waals surface area contributed by atoms with Gasteiger partial charge in [-0.1, -0.05) is 18.2 Å². The van der Waals surface area contributed by atoms with Crippen LogP contribution in [0.4, 0.5) is 8.78 Å². The molecule has 1 aromatic rings. The van der Waals surface area contributed by atoms with Gasteiger partial charge in [-0.15, -0.1) is 4.36 Å². The molecule has 94 valence electrons. The minimum atomic E-state index is -3.30. The van der Waals surface area contributed by atoms with Gasteiger partial charge in [0, 0.05) is 14.1 Å². The third kappa shape index (κ3) is 3.07. The molecule has 7 heteroatoms. The minimum absolute atomic E-state index is 0.221. The number of amides is 1. The van der Waals surface area contributed by atoms with Crippen molar-refractivity contribution in [2.24, 2.45) is 4.36 Å². The Hall–Kier alpha value is -1.34. The van der Waals surface area contributed by atoms with E-state index in [0.717, 1.165) is 4.31 Å². The summed E-state index contributed by atoms with van der Waals surface area (Å²) in [5, 5.41) is 0. The Bertz CT molecular complexity index is 508. The Morgan fingerprint density at radius 3 is 2.24 bits per heavy atom. The second kappa shape index (κ2) is 5.33. The number of carbonyl (C=O) groups excluding carboxylic acids is 1. The second-order valence-electron chi connectivity index (χ2n) is 3.35. The quantitative estimate of drug-likeness (QED) is 0.833. The summed E-state index contributed by atoms with van der Waals surface area (Å²) in [5.74, 6) is -1.67. The first-order valence-corrected chi connectivity index (χ1v) is 6.17. The van der Waals surface area contributed by atoms with E-state index in [1.54, 1.807) is 18.2 Å². The first-order chi connectivity index (χ1) is 7.88. The van der Waals surface area contributed by atoms with Crippen molar-refractivity contribution in [2.75, 3.05) is 14.1 Å². The number of carbonyl (C=O) groups is 1. The molecule has 0 bridgehead atoms. The van der Waals surface area contributed by atoms with E-state index < -0.39 is 22.2 Å². The van der Waals surface area contributed by atoms with Crippen LogP contribution in [0.3, 0.4) is 0 Å². The number of benzene rings is 1. The van der Waals surface area contributed by atoms with Gasteiger partial charge in [0.15, 0.2) is 0 Å². The van der Waals surface area contributed by atoms with Crippen LogP contribution in [-0.4, -0.2) is 34.9 Å². The molecule has 1 rings (SSSR count). The third-order valence-corrected chi connectivity index (χ3v) is 4.25. The van der Waals surface area contributed by atoms with Crippen molar-refractivity contribution < 1.29 is 17.8 Å². The van der Waals surface area contributed by atoms with Crippen molar-refractivity contribution in [1.82, 2.24) is 4.31 Å². The van der Waals surface area contributed by atoms with E-state index in [1.807, 2.05) is 0 Å². The van der Waals surface area contributed by atoms with E-state index in [2.05, 4.69) is 4.36 Å². The maximum absolute atomic E-state index is 12.4. The van der Waals surface area contributed by atoms with Crippen LogP contribution >= 0.6 is 0 Å². The molecule has 0 aliphatic rings. The summed E-state index contributed by atoms with van der Waals surface area (Å²) in [6.45, 7) is 0. The zero-order chi connectivity index (χ0) is 13.1. The van der Waals surface area contributed by atoms with Crippen LogP contribution in [-0.2, 0) is 14.7 Å². The van der Waals surface area contributed by atoms with Crippen molar-refractivity contribution in [3.05, 3.63) is 30.3 Å². The van der Waals surface area contributed by atoms with Crippen molar-refractivity contribution in [1.29, 1.82) is 0 Å². The summed E-state index contributed by atoms with van der Waals surface area (Å²) >= 11 is 0. The lowest BCUT2D eigenvalue weighted by atomic mass is 10.4. The van der Waals surface area contributed by atoms with Crippen LogP contribution in [0.5, 0.6) is 0 Å². The number of nitrogens with zero attached hydrogens (tertiary/aromatic N) is 2. The molecular formula is C10H12F2N2O2S. The summed E-state index contributed by atoms with van der Waals surface area (Å²) < 4.78 is 41.0. The SMILES string of the molecule is CN(C)S(=O)(=NC(=O)C(F)F)c1ccccc1. The zero-order valence-electron chi connectivity index (χ0n) is 9.34.